The topological polar surface area (TPSA) is 94.9 Å². The molecule has 0 radical (unpaired) electrons. The van der Waals surface area contributed by atoms with Crippen LogP contribution in [0.3, 0.4) is 0 Å². The number of nitrogens with one attached hydrogen (secondary N) is 2. The van der Waals surface area contributed by atoms with Gasteiger partial charge in [0, 0.05) is 10.9 Å². The van der Waals surface area contributed by atoms with E-state index in [2.05, 4.69) is 21.7 Å². The zero-order valence-electron chi connectivity index (χ0n) is 16.8. The van der Waals surface area contributed by atoms with Gasteiger partial charge in [0.2, 0.25) is 11.8 Å². The number of amides is 2. The molecule has 1 heterocycles. The molecule has 6 nitrogen and oxygen atoms in total. The van der Waals surface area contributed by atoms with Crippen LogP contribution in [0.5, 0.6) is 0 Å². The number of nitrogens with zero attached hydrogens (tertiary/aromatic N) is 2. The van der Waals surface area contributed by atoms with E-state index in [0.29, 0.717) is 16.4 Å². The summed E-state index contributed by atoms with van der Waals surface area (Å²) in [6.07, 6.45) is 0.220. The van der Waals surface area contributed by atoms with Gasteiger partial charge in [-0.15, -0.1) is 11.3 Å². The van der Waals surface area contributed by atoms with E-state index < -0.39 is 6.04 Å². The van der Waals surface area contributed by atoms with Gasteiger partial charge < -0.3 is 10.6 Å². The minimum absolute atomic E-state index is 0.0808. The zero-order chi connectivity index (χ0) is 21.5. The minimum atomic E-state index is -0.663. The van der Waals surface area contributed by atoms with E-state index in [1.54, 1.807) is 12.1 Å². The number of aromatic nitrogens is 1. The average Bonchev–Trinajstić information content (AvgIpc) is 3.21. The number of benzene rings is 2. The Morgan fingerprint density at radius 3 is 2.43 bits per heavy atom. The van der Waals surface area contributed by atoms with Crippen LogP contribution in [0.15, 0.2) is 60.0 Å². The van der Waals surface area contributed by atoms with Crippen LogP contribution in [0.4, 0.5) is 5.13 Å². The summed E-state index contributed by atoms with van der Waals surface area (Å²) in [5.41, 5.74) is 3.05. The number of nitriles is 1. The molecule has 0 unspecified atom stereocenters. The minimum Gasteiger partial charge on any atom is -0.344 e. The summed E-state index contributed by atoms with van der Waals surface area (Å²) in [4.78, 5) is 29.6. The summed E-state index contributed by atoms with van der Waals surface area (Å²) in [5, 5.41) is 16.8. The molecule has 152 valence electrons. The fraction of sp³-hybridized carbons (Fsp3) is 0.217. The molecule has 1 aromatic heterocycles. The first-order valence-electron chi connectivity index (χ1n) is 9.56. The summed E-state index contributed by atoms with van der Waals surface area (Å²) in [6.45, 7) is 3.77. The molecule has 0 bridgehead atoms. The van der Waals surface area contributed by atoms with Crippen LogP contribution in [0, 0.1) is 17.2 Å². The molecular weight excluding hydrogens is 396 g/mol. The number of hydrogen-bond acceptors (Lipinski definition) is 5. The van der Waals surface area contributed by atoms with E-state index in [0.717, 1.165) is 11.1 Å². The lowest BCUT2D eigenvalue weighted by Crippen LogP contribution is -2.47. The second kappa shape index (κ2) is 9.81. The predicted molar refractivity (Wildman–Crippen MR) is 118 cm³/mol. The SMILES string of the molecule is CC(C)[C@@H](NC(=O)Cc1ccccc1)C(=O)Nc1nc(-c2ccc(C#N)cc2)cs1. The molecule has 1 atom stereocenters. The van der Waals surface area contributed by atoms with Crippen molar-refractivity contribution in [3.05, 3.63) is 71.1 Å². The Hall–Kier alpha value is -3.50. The predicted octanol–water partition coefficient (Wildman–Crippen LogP) is 4.00. The molecule has 3 rings (SSSR count). The van der Waals surface area contributed by atoms with Gasteiger partial charge in [0.1, 0.15) is 6.04 Å². The molecular formula is C23H22N4O2S. The van der Waals surface area contributed by atoms with Crippen molar-refractivity contribution in [1.29, 1.82) is 5.26 Å². The van der Waals surface area contributed by atoms with Crippen molar-refractivity contribution in [2.75, 3.05) is 5.32 Å². The van der Waals surface area contributed by atoms with Crippen molar-refractivity contribution in [2.24, 2.45) is 5.92 Å². The van der Waals surface area contributed by atoms with E-state index in [1.165, 1.54) is 11.3 Å². The Morgan fingerprint density at radius 2 is 1.80 bits per heavy atom. The van der Waals surface area contributed by atoms with E-state index in [4.69, 9.17) is 5.26 Å². The first-order valence-corrected chi connectivity index (χ1v) is 10.4. The summed E-state index contributed by atoms with van der Waals surface area (Å²) in [7, 11) is 0. The van der Waals surface area contributed by atoms with Crippen LogP contribution in [0.25, 0.3) is 11.3 Å². The lowest BCUT2D eigenvalue weighted by atomic mass is 10.0. The summed E-state index contributed by atoms with van der Waals surface area (Å²) >= 11 is 1.31. The van der Waals surface area contributed by atoms with Gasteiger partial charge in [0.25, 0.3) is 0 Å². The third-order valence-electron chi connectivity index (χ3n) is 4.52. The highest BCUT2D eigenvalue weighted by molar-refractivity contribution is 7.14. The van der Waals surface area contributed by atoms with Gasteiger partial charge in [-0.1, -0.05) is 56.3 Å². The van der Waals surface area contributed by atoms with Gasteiger partial charge in [-0.3, -0.25) is 9.59 Å². The highest BCUT2D eigenvalue weighted by atomic mass is 32.1. The fourth-order valence-corrected chi connectivity index (χ4v) is 3.63. The Labute approximate surface area is 179 Å². The van der Waals surface area contributed by atoms with Crippen molar-refractivity contribution in [1.82, 2.24) is 10.3 Å². The quantitative estimate of drug-likeness (QED) is 0.606. The third kappa shape index (κ3) is 5.52. The Morgan fingerprint density at radius 1 is 1.10 bits per heavy atom. The maximum absolute atomic E-state index is 12.8. The van der Waals surface area contributed by atoms with Crippen LogP contribution in [-0.4, -0.2) is 22.8 Å². The highest BCUT2D eigenvalue weighted by Gasteiger charge is 2.25. The van der Waals surface area contributed by atoms with Gasteiger partial charge in [0.05, 0.1) is 23.7 Å². The van der Waals surface area contributed by atoms with Crippen molar-refractivity contribution < 1.29 is 9.59 Å². The number of carbonyl (C=O) groups excluding carboxylic acids is 2. The van der Waals surface area contributed by atoms with Crippen LogP contribution in [-0.2, 0) is 16.0 Å². The van der Waals surface area contributed by atoms with E-state index in [1.807, 2.05) is 61.7 Å². The first kappa shape index (κ1) is 21.2. The summed E-state index contributed by atoms with van der Waals surface area (Å²) < 4.78 is 0. The van der Waals surface area contributed by atoms with Crippen molar-refractivity contribution >= 4 is 28.3 Å². The van der Waals surface area contributed by atoms with E-state index in [-0.39, 0.29) is 24.2 Å². The lowest BCUT2D eigenvalue weighted by Gasteiger charge is -2.21. The second-order valence-corrected chi connectivity index (χ2v) is 8.03. The maximum Gasteiger partial charge on any atom is 0.248 e. The smallest absolute Gasteiger partial charge is 0.248 e. The molecule has 0 aliphatic heterocycles. The van der Waals surface area contributed by atoms with Crippen molar-refractivity contribution in [3.63, 3.8) is 0 Å². The largest absolute Gasteiger partial charge is 0.344 e. The molecule has 2 amide bonds. The first-order chi connectivity index (χ1) is 14.5. The molecule has 7 heteroatoms. The van der Waals surface area contributed by atoms with E-state index in [9.17, 15) is 9.59 Å². The number of thiazole rings is 1. The monoisotopic (exact) mass is 418 g/mol. The highest BCUT2D eigenvalue weighted by Crippen LogP contribution is 2.25. The molecule has 0 saturated carbocycles. The van der Waals surface area contributed by atoms with Gasteiger partial charge in [-0.2, -0.15) is 5.26 Å². The molecule has 0 fully saturated rings. The molecule has 3 aromatic rings. The Balaban J connectivity index is 1.64. The lowest BCUT2D eigenvalue weighted by molar-refractivity contribution is -0.127. The van der Waals surface area contributed by atoms with Crippen LogP contribution >= 0.6 is 11.3 Å². The molecule has 2 N–H and O–H groups in total. The van der Waals surface area contributed by atoms with Crippen molar-refractivity contribution in [3.8, 4) is 17.3 Å². The molecule has 30 heavy (non-hydrogen) atoms. The summed E-state index contributed by atoms with van der Waals surface area (Å²) in [6, 6.07) is 17.9. The fourth-order valence-electron chi connectivity index (χ4n) is 2.90. The number of hydrogen-bond donors (Lipinski definition) is 2. The maximum atomic E-state index is 12.8. The molecule has 2 aromatic carbocycles. The van der Waals surface area contributed by atoms with Gasteiger partial charge in [-0.05, 0) is 23.6 Å². The second-order valence-electron chi connectivity index (χ2n) is 7.17. The number of carbonyl (C=O) groups is 2. The van der Waals surface area contributed by atoms with Crippen LogP contribution in [0.1, 0.15) is 25.0 Å². The van der Waals surface area contributed by atoms with Gasteiger partial charge in [-0.25, -0.2) is 4.98 Å². The zero-order valence-corrected chi connectivity index (χ0v) is 17.6. The molecule has 0 aliphatic carbocycles. The average molecular weight is 419 g/mol. The molecule has 0 spiro atoms. The number of anilines is 1. The Kier molecular flexibility index (Phi) is 6.94. The standard InChI is InChI=1S/C23H22N4O2S/c1-15(2)21(26-20(28)12-16-6-4-3-5-7-16)22(29)27-23-25-19(14-30-23)18-10-8-17(13-24)9-11-18/h3-11,14-15,21H,12H2,1-2H3,(H,26,28)(H,25,27,29)/t21-/m1/s1. The van der Waals surface area contributed by atoms with Crippen molar-refractivity contribution in [2.45, 2.75) is 26.3 Å². The van der Waals surface area contributed by atoms with Crippen LogP contribution in [0.2, 0.25) is 0 Å². The van der Waals surface area contributed by atoms with E-state index >= 15 is 0 Å². The van der Waals surface area contributed by atoms with Gasteiger partial charge in [0.15, 0.2) is 5.13 Å². The number of rotatable bonds is 7. The molecule has 0 aliphatic rings. The molecule has 0 saturated heterocycles. The van der Waals surface area contributed by atoms with Crippen LogP contribution < -0.4 is 10.6 Å². The Bertz CT molecular complexity index is 1050. The van der Waals surface area contributed by atoms with Gasteiger partial charge >= 0.3 is 0 Å². The normalized spacial score (nSPS) is 11.5. The summed E-state index contributed by atoms with van der Waals surface area (Å²) in [5.74, 6) is -0.581. The third-order valence-corrected chi connectivity index (χ3v) is 5.27.